The lowest BCUT2D eigenvalue weighted by atomic mass is 9.49. The summed E-state index contributed by atoms with van der Waals surface area (Å²) in [5, 5.41) is 31.9. The number of carbonyl (C=O) groups is 2. The first kappa shape index (κ1) is 22.9. The van der Waals surface area contributed by atoms with Crippen molar-refractivity contribution in [3.05, 3.63) is 52.1 Å². The molecule has 5 unspecified atom stereocenters. The molecule has 1 spiro atoms. The highest BCUT2D eigenvalue weighted by Gasteiger charge is 2.79. The number of aromatic hydroxyl groups is 2. The number of ketones is 2. The van der Waals surface area contributed by atoms with E-state index >= 15 is 0 Å². The van der Waals surface area contributed by atoms with Crippen molar-refractivity contribution in [3.8, 4) is 17.2 Å². The van der Waals surface area contributed by atoms with Crippen LogP contribution in [0, 0.1) is 17.8 Å². The highest BCUT2D eigenvalue weighted by atomic mass is 16.6. The third kappa shape index (κ3) is 2.71. The Kier molecular flexibility index (Phi) is 5.08. The van der Waals surface area contributed by atoms with Gasteiger partial charge in [0.2, 0.25) is 0 Å². The van der Waals surface area contributed by atoms with Gasteiger partial charge in [0, 0.05) is 48.0 Å². The maximum absolute atomic E-state index is 13.9. The Hall–Kier alpha value is -2.90. The average Bonchev–Trinajstić information content (AvgIpc) is 3.04. The summed E-state index contributed by atoms with van der Waals surface area (Å²) in [4.78, 5) is 27.7. The first-order chi connectivity index (χ1) is 16.1. The Morgan fingerprint density at radius 3 is 2.50 bits per heavy atom. The number of carbonyl (C=O) groups excluding carboxylic acids is 2. The zero-order valence-corrected chi connectivity index (χ0v) is 19.8. The van der Waals surface area contributed by atoms with E-state index in [1.807, 2.05) is 39.8 Å². The van der Waals surface area contributed by atoms with Crippen molar-refractivity contribution in [1.29, 1.82) is 0 Å². The lowest BCUT2D eigenvalue weighted by molar-refractivity contribution is -0.171. The highest BCUT2D eigenvalue weighted by molar-refractivity contribution is 6.18. The average molecular weight is 467 g/mol. The summed E-state index contributed by atoms with van der Waals surface area (Å²) in [6.07, 6.45) is 5.86. The van der Waals surface area contributed by atoms with Crippen molar-refractivity contribution in [3.63, 3.8) is 0 Å². The summed E-state index contributed by atoms with van der Waals surface area (Å²) in [7, 11) is 0. The van der Waals surface area contributed by atoms with Gasteiger partial charge in [0.15, 0.2) is 22.8 Å². The summed E-state index contributed by atoms with van der Waals surface area (Å²) in [6.45, 7) is 7.59. The van der Waals surface area contributed by atoms with Crippen LogP contribution in [-0.4, -0.2) is 51.3 Å². The van der Waals surface area contributed by atoms with Gasteiger partial charge in [-0.2, -0.15) is 0 Å². The largest absolute Gasteiger partial charge is 0.507 e. The number of phenolic OH excluding ortho intramolecular Hbond substituents is 2. The van der Waals surface area contributed by atoms with Gasteiger partial charge in [-0.25, -0.2) is 0 Å². The van der Waals surface area contributed by atoms with Crippen LogP contribution in [0.1, 0.15) is 50.0 Å². The van der Waals surface area contributed by atoms with Crippen LogP contribution >= 0.6 is 0 Å². The molecule has 1 aromatic rings. The maximum Gasteiger partial charge on any atom is 0.200 e. The van der Waals surface area contributed by atoms with Crippen LogP contribution in [0.2, 0.25) is 0 Å². The van der Waals surface area contributed by atoms with E-state index in [4.69, 9.17) is 9.47 Å². The molecule has 7 heteroatoms. The molecule has 2 heterocycles. The number of hydrogen-bond acceptors (Lipinski definition) is 7. The second-order valence-corrected chi connectivity index (χ2v) is 10.3. The van der Waals surface area contributed by atoms with E-state index in [0.717, 1.165) is 11.1 Å². The standard InChI is InChI=1S/C27H30O7/c1-13(2)5-6-15-20(29)10-21-22(23(15)30)24(31)18-9-16-17(11-28)19-12-33-26(25(16)32,8-7-14(3)4)27(18,19)34-21/h5,7,9-10,16-17,19,28-30H,6,8,11-12H2,1-4H3. The SMILES string of the molecule is CC(C)=CCc1c(O)cc2c(c1O)C(=O)C1=CC3C(=O)C4(CC=C(C)C)OCC(C3CO)C14O2. The van der Waals surface area contributed by atoms with Crippen LogP contribution in [0.25, 0.3) is 0 Å². The molecular weight excluding hydrogens is 436 g/mol. The molecule has 2 aliphatic heterocycles. The van der Waals surface area contributed by atoms with E-state index in [1.165, 1.54) is 6.07 Å². The van der Waals surface area contributed by atoms with Gasteiger partial charge >= 0.3 is 0 Å². The Morgan fingerprint density at radius 2 is 1.85 bits per heavy atom. The summed E-state index contributed by atoms with van der Waals surface area (Å²) < 4.78 is 12.7. The van der Waals surface area contributed by atoms with Crippen LogP contribution in [0.4, 0.5) is 0 Å². The van der Waals surface area contributed by atoms with Gasteiger partial charge in [0.05, 0.1) is 6.61 Å². The minimum absolute atomic E-state index is 0.0101. The number of rotatable bonds is 5. The van der Waals surface area contributed by atoms with Crippen LogP contribution < -0.4 is 4.74 Å². The summed E-state index contributed by atoms with van der Waals surface area (Å²) in [5.74, 6) is -2.63. The Bertz CT molecular complexity index is 1200. The highest BCUT2D eigenvalue weighted by Crippen LogP contribution is 2.65. The lowest BCUT2D eigenvalue weighted by Crippen LogP contribution is -2.74. The lowest BCUT2D eigenvalue weighted by Gasteiger charge is -2.58. The van der Waals surface area contributed by atoms with Gasteiger partial charge in [-0.15, -0.1) is 0 Å². The predicted molar refractivity (Wildman–Crippen MR) is 124 cm³/mol. The van der Waals surface area contributed by atoms with E-state index in [9.17, 15) is 24.9 Å². The molecule has 0 amide bonds. The molecule has 7 nitrogen and oxygen atoms in total. The quantitative estimate of drug-likeness (QED) is 0.570. The van der Waals surface area contributed by atoms with Crippen LogP contribution in [0.3, 0.4) is 0 Å². The third-order valence-electron chi connectivity index (χ3n) is 7.87. The number of fused-ring (bicyclic) bond motifs is 1. The zero-order valence-electron chi connectivity index (χ0n) is 19.8. The van der Waals surface area contributed by atoms with E-state index < -0.39 is 34.7 Å². The van der Waals surface area contributed by atoms with E-state index in [-0.39, 0.29) is 60.2 Å². The molecule has 3 N–H and O–H groups in total. The molecule has 1 aromatic carbocycles. The minimum Gasteiger partial charge on any atom is -0.507 e. The van der Waals surface area contributed by atoms with Crippen molar-refractivity contribution in [1.82, 2.24) is 0 Å². The van der Waals surface area contributed by atoms with E-state index in [2.05, 4.69) is 0 Å². The van der Waals surface area contributed by atoms with Gasteiger partial charge < -0.3 is 24.8 Å². The van der Waals surface area contributed by atoms with Crippen LogP contribution in [-0.2, 0) is 16.0 Å². The first-order valence-corrected chi connectivity index (χ1v) is 11.7. The summed E-state index contributed by atoms with van der Waals surface area (Å²) >= 11 is 0. The number of benzene rings is 1. The molecule has 5 atom stereocenters. The van der Waals surface area contributed by atoms with E-state index in [0.29, 0.717) is 5.57 Å². The van der Waals surface area contributed by atoms with Gasteiger partial charge in [-0.05, 0) is 34.1 Å². The number of ether oxygens (including phenoxy) is 2. The van der Waals surface area contributed by atoms with Crippen molar-refractivity contribution < 1.29 is 34.4 Å². The molecule has 34 heavy (non-hydrogen) atoms. The van der Waals surface area contributed by atoms with Crippen molar-refractivity contribution in [2.24, 2.45) is 17.8 Å². The molecular formula is C27H30O7. The number of aliphatic hydroxyl groups excluding tert-OH is 1. The van der Waals surface area contributed by atoms with Crippen molar-refractivity contribution >= 4 is 11.6 Å². The zero-order chi connectivity index (χ0) is 24.6. The van der Waals surface area contributed by atoms with Crippen LogP contribution in [0.15, 0.2) is 41.0 Å². The van der Waals surface area contributed by atoms with Crippen molar-refractivity contribution in [2.45, 2.75) is 51.7 Å². The third-order valence-corrected chi connectivity index (χ3v) is 7.87. The van der Waals surface area contributed by atoms with Gasteiger partial charge in [-0.1, -0.05) is 29.4 Å². The molecule has 0 aromatic heterocycles. The topological polar surface area (TPSA) is 113 Å². The first-order valence-electron chi connectivity index (χ1n) is 11.7. The summed E-state index contributed by atoms with van der Waals surface area (Å²) in [5.41, 5.74) is -0.293. The predicted octanol–water partition coefficient (Wildman–Crippen LogP) is 3.41. The summed E-state index contributed by atoms with van der Waals surface area (Å²) in [6, 6.07) is 1.35. The Labute approximate surface area is 198 Å². The molecule has 4 bridgehead atoms. The number of aliphatic hydroxyl groups is 1. The molecule has 6 rings (SSSR count). The molecule has 1 saturated heterocycles. The van der Waals surface area contributed by atoms with Crippen molar-refractivity contribution in [2.75, 3.05) is 13.2 Å². The van der Waals surface area contributed by atoms with Gasteiger partial charge in [0.1, 0.15) is 22.8 Å². The Balaban J connectivity index is 1.73. The number of Topliss-reactive ketones (excluding diaryl/α,β-unsaturated/α-hetero) is 2. The molecule has 180 valence electrons. The molecule has 0 radical (unpaired) electrons. The minimum atomic E-state index is -1.43. The fourth-order valence-corrected chi connectivity index (χ4v) is 6.21. The monoisotopic (exact) mass is 466 g/mol. The fourth-order valence-electron chi connectivity index (χ4n) is 6.21. The fraction of sp³-hybridized carbons (Fsp3) is 0.481. The van der Waals surface area contributed by atoms with Crippen LogP contribution in [0.5, 0.6) is 17.2 Å². The second-order valence-electron chi connectivity index (χ2n) is 10.3. The number of hydrogen-bond donors (Lipinski definition) is 3. The smallest absolute Gasteiger partial charge is 0.200 e. The molecule has 5 aliphatic rings. The molecule has 1 saturated carbocycles. The number of allylic oxidation sites excluding steroid dienone is 4. The van der Waals surface area contributed by atoms with Gasteiger partial charge in [0.25, 0.3) is 0 Å². The number of phenols is 2. The molecule has 3 aliphatic carbocycles. The normalized spacial score (nSPS) is 32.5. The Morgan fingerprint density at radius 1 is 1.15 bits per heavy atom. The van der Waals surface area contributed by atoms with Gasteiger partial charge in [-0.3, -0.25) is 9.59 Å². The maximum atomic E-state index is 13.9. The van der Waals surface area contributed by atoms with E-state index in [1.54, 1.807) is 6.08 Å². The molecule has 2 fully saturated rings. The second kappa shape index (κ2) is 7.55.